The summed E-state index contributed by atoms with van der Waals surface area (Å²) in [6.07, 6.45) is 2.17. The maximum atomic E-state index is 6.21. The van der Waals surface area contributed by atoms with E-state index in [1.165, 1.54) is 5.56 Å². The molecule has 0 spiro atoms. The lowest BCUT2D eigenvalue weighted by Crippen LogP contribution is -2.28. The van der Waals surface area contributed by atoms with E-state index in [4.69, 9.17) is 11.5 Å². The van der Waals surface area contributed by atoms with E-state index < -0.39 is 0 Å². The first kappa shape index (κ1) is 13.2. The van der Waals surface area contributed by atoms with Crippen LogP contribution in [0.5, 0.6) is 0 Å². The minimum Gasteiger partial charge on any atom is -0.330 e. The van der Waals surface area contributed by atoms with Crippen molar-refractivity contribution in [2.45, 2.75) is 38.6 Å². The molecule has 0 saturated heterocycles. The molecule has 4 N–H and O–H groups in total. The summed E-state index contributed by atoms with van der Waals surface area (Å²) in [5, 5.41) is 0. The molecule has 0 amide bonds. The van der Waals surface area contributed by atoms with E-state index in [2.05, 4.69) is 38.1 Å². The minimum atomic E-state index is 0.233. The van der Waals surface area contributed by atoms with E-state index in [1.54, 1.807) is 0 Å². The van der Waals surface area contributed by atoms with Gasteiger partial charge in [-0.05, 0) is 36.8 Å². The predicted octanol–water partition coefficient (Wildman–Crippen LogP) is 2.49. The molecule has 0 bridgehead atoms. The highest BCUT2D eigenvalue weighted by molar-refractivity contribution is 5.20. The lowest BCUT2D eigenvalue weighted by molar-refractivity contribution is 0.443. The van der Waals surface area contributed by atoms with Crippen molar-refractivity contribution in [1.29, 1.82) is 0 Å². The van der Waals surface area contributed by atoms with Gasteiger partial charge in [0.1, 0.15) is 0 Å². The van der Waals surface area contributed by atoms with Gasteiger partial charge in [0, 0.05) is 6.04 Å². The summed E-state index contributed by atoms with van der Waals surface area (Å²) in [5.74, 6) is 1.00. The van der Waals surface area contributed by atoms with Crippen molar-refractivity contribution in [1.82, 2.24) is 0 Å². The van der Waals surface area contributed by atoms with Crippen LogP contribution in [0.25, 0.3) is 0 Å². The molecule has 2 nitrogen and oxygen atoms in total. The van der Waals surface area contributed by atoms with Crippen LogP contribution in [0.3, 0.4) is 0 Å². The van der Waals surface area contributed by atoms with Crippen LogP contribution in [0.15, 0.2) is 30.3 Å². The van der Waals surface area contributed by atoms with Crippen molar-refractivity contribution in [2.24, 2.45) is 17.4 Å². The van der Waals surface area contributed by atoms with E-state index in [0.717, 1.165) is 19.4 Å². The molecule has 0 aliphatic heterocycles. The molecule has 16 heavy (non-hydrogen) atoms. The molecule has 0 saturated carbocycles. The third kappa shape index (κ3) is 3.95. The average Bonchev–Trinajstić information content (AvgIpc) is 2.35. The fourth-order valence-electron chi connectivity index (χ4n) is 1.85. The van der Waals surface area contributed by atoms with Gasteiger partial charge in [-0.1, -0.05) is 44.2 Å². The molecule has 3 atom stereocenters. The number of nitrogens with two attached hydrogens (primary N) is 2. The molecular weight excluding hydrogens is 196 g/mol. The molecule has 0 aliphatic rings. The van der Waals surface area contributed by atoms with Crippen molar-refractivity contribution in [3.8, 4) is 0 Å². The van der Waals surface area contributed by atoms with Crippen molar-refractivity contribution in [2.75, 3.05) is 6.54 Å². The Morgan fingerprint density at radius 2 is 1.69 bits per heavy atom. The summed E-state index contributed by atoms with van der Waals surface area (Å²) in [6, 6.07) is 10.7. The van der Waals surface area contributed by atoms with Gasteiger partial charge >= 0.3 is 0 Å². The number of hydrogen-bond donors (Lipinski definition) is 2. The molecule has 0 heterocycles. The lowest BCUT2D eigenvalue weighted by Gasteiger charge is -2.21. The molecule has 2 heteroatoms. The first-order valence-corrected chi connectivity index (χ1v) is 6.15. The minimum absolute atomic E-state index is 0.233. The fourth-order valence-corrected chi connectivity index (χ4v) is 1.85. The quantitative estimate of drug-likeness (QED) is 0.774. The Balaban J connectivity index is 2.45. The van der Waals surface area contributed by atoms with Gasteiger partial charge in [0.05, 0.1) is 0 Å². The zero-order chi connectivity index (χ0) is 12.0. The zero-order valence-corrected chi connectivity index (χ0v) is 10.4. The van der Waals surface area contributed by atoms with Gasteiger partial charge in [-0.2, -0.15) is 0 Å². The molecule has 1 aromatic rings. The highest BCUT2D eigenvalue weighted by Crippen LogP contribution is 2.21. The standard InChI is InChI=1S/C14H24N2/c1-11(10-15)8-9-14(16)12(2)13-6-4-3-5-7-13/h3-7,11-12,14H,8-10,15-16H2,1-2H3. The van der Waals surface area contributed by atoms with Gasteiger partial charge in [0.15, 0.2) is 0 Å². The van der Waals surface area contributed by atoms with Crippen LogP contribution in [0.2, 0.25) is 0 Å². The second-order valence-corrected chi connectivity index (χ2v) is 4.78. The second-order valence-electron chi connectivity index (χ2n) is 4.78. The van der Waals surface area contributed by atoms with Crippen molar-refractivity contribution in [3.05, 3.63) is 35.9 Å². The highest BCUT2D eigenvalue weighted by Gasteiger charge is 2.15. The summed E-state index contributed by atoms with van der Waals surface area (Å²) in [7, 11) is 0. The molecular formula is C14H24N2. The van der Waals surface area contributed by atoms with Crippen molar-refractivity contribution >= 4 is 0 Å². The third-order valence-electron chi connectivity index (χ3n) is 3.36. The molecule has 1 rings (SSSR count). The first-order valence-electron chi connectivity index (χ1n) is 6.15. The van der Waals surface area contributed by atoms with E-state index in [1.807, 2.05) is 6.07 Å². The summed E-state index contributed by atoms with van der Waals surface area (Å²) < 4.78 is 0. The Morgan fingerprint density at radius 3 is 2.25 bits per heavy atom. The monoisotopic (exact) mass is 220 g/mol. The predicted molar refractivity (Wildman–Crippen MR) is 70.3 cm³/mol. The van der Waals surface area contributed by atoms with Crippen LogP contribution in [0.4, 0.5) is 0 Å². The topological polar surface area (TPSA) is 52.0 Å². The normalized spacial score (nSPS) is 16.8. The van der Waals surface area contributed by atoms with Gasteiger partial charge in [-0.25, -0.2) is 0 Å². The molecule has 0 aliphatic carbocycles. The van der Waals surface area contributed by atoms with Crippen molar-refractivity contribution in [3.63, 3.8) is 0 Å². The Kier molecular flexibility index (Phi) is 5.50. The fraction of sp³-hybridized carbons (Fsp3) is 0.571. The maximum Gasteiger partial charge on any atom is 0.0105 e. The van der Waals surface area contributed by atoms with Gasteiger partial charge < -0.3 is 11.5 Å². The summed E-state index contributed by atoms with van der Waals surface area (Å²) >= 11 is 0. The maximum absolute atomic E-state index is 6.21. The van der Waals surface area contributed by atoms with Gasteiger partial charge in [-0.3, -0.25) is 0 Å². The third-order valence-corrected chi connectivity index (χ3v) is 3.36. The number of rotatable bonds is 6. The SMILES string of the molecule is CC(CN)CCC(N)C(C)c1ccccc1. The Morgan fingerprint density at radius 1 is 1.06 bits per heavy atom. The smallest absolute Gasteiger partial charge is 0.0105 e. The van der Waals surface area contributed by atoms with Crippen LogP contribution >= 0.6 is 0 Å². The highest BCUT2D eigenvalue weighted by atomic mass is 14.6. The van der Waals surface area contributed by atoms with Crippen LogP contribution in [0, 0.1) is 5.92 Å². The van der Waals surface area contributed by atoms with E-state index in [-0.39, 0.29) is 6.04 Å². The van der Waals surface area contributed by atoms with E-state index in [0.29, 0.717) is 11.8 Å². The molecule has 0 aromatic heterocycles. The molecule has 90 valence electrons. The van der Waals surface area contributed by atoms with Crippen LogP contribution in [-0.4, -0.2) is 12.6 Å². The largest absolute Gasteiger partial charge is 0.330 e. The Bertz CT molecular complexity index is 284. The van der Waals surface area contributed by atoms with E-state index in [9.17, 15) is 0 Å². The van der Waals surface area contributed by atoms with Gasteiger partial charge in [0.2, 0.25) is 0 Å². The van der Waals surface area contributed by atoms with Crippen LogP contribution in [0.1, 0.15) is 38.2 Å². The number of hydrogen-bond acceptors (Lipinski definition) is 2. The summed E-state index contributed by atoms with van der Waals surface area (Å²) in [5.41, 5.74) is 13.1. The van der Waals surface area contributed by atoms with Crippen LogP contribution < -0.4 is 11.5 Å². The van der Waals surface area contributed by atoms with Gasteiger partial charge in [-0.15, -0.1) is 0 Å². The second kappa shape index (κ2) is 6.66. The molecule has 3 unspecified atom stereocenters. The van der Waals surface area contributed by atoms with Crippen molar-refractivity contribution < 1.29 is 0 Å². The Labute approximate surface area is 99.0 Å². The lowest BCUT2D eigenvalue weighted by atomic mass is 9.89. The summed E-state index contributed by atoms with van der Waals surface area (Å²) in [6.45, 7) is 5.14. The molecule has 0 radical (unpaired) electrons. The molecule has 0 fully saturated rings. The molecule has 1 aromatic carbocycles. The number of benzene rings is 1. The first-order chi connectivity index (χ1) is 7.65. The Hall–Kier alpha value is -0.860. The van der Waals surface area contributed by atoms with E-state index >= 15 is 0 Å². The average molecular weight is 220 g/mol. The van der Waals surface area contributed by atoms with Gasteiger partial charge in [0.25, 0.3) is 0 Å². The van der Waals surface area contributed by atoms with Crippen LogP contribution in [-0.2, 0) is 0 Å². The zero-order valence-electron chi connectivity index (χ0n) is 10.4. The summed E-state index contributed by atoms with van der Waals surface area (Å²) in [4.78, 5) is 0.